The molecule has 0 atom stereocenters. The molecule has 1 rings (SSSR count). The molecule has 1 heterocycles. The van der Waals surface area contributed by atoms with Crippen molar-refractivity contribution in [3.8, 4) is 0 Å². The Kier molecular flexibility index (Phi) is 2.58. The topological polar surface area (TPSA) is 26.0 Å². The smallest absolute Gasteiger partial charge is 0.124 e. The molecular formula is C6H8ClNO. The van der Waals surface area contributed by atoms with E-state index in [1.807, 2.05) is 6.07 Å². The molecule has 0 radical (unpaired) electrons. The SMILES string of the molecule is ClCCCc1ccon1. The Hall–Kier alpha value is -0.500. The Morgan fingerprint density at radius 3 is 3.11 bits per heavy atom. The van der Waals surface area contributed by atoms with Crippen LogP contribution in [0.1, 0.15) is 12.1 Å². The standard InChI is InChI=1S/C6H8ClNO/c7-4-1-2-6-3-5-9-8-6/h3,5H,1-2,4H2. The van der Waals surface area contributed by atoms with Gasteiger partial charge in [0.05, 0.1) is 5.69 Å². The number of rotatable bonds is 3. The lowest BCUT2D eigenvalue weighted by Gasteiger charge is -1.86. The minimum Gasteiger partial charge on any atom is -0.365 e. The number of nitrogens with zero attached hydrogens (tertiary/aromatic N) is 1. The van der Waals surface area contributed by atoms with Crippen LogP contribution < -0.4 is 0 Å². The molecule has 0 unspecified atom stereocenters. The highest BCUT2D eigenvalue weighted by Gasteiger charge is 1.93. The van der Waals surface area contributed by atoms with Crippen LogP contribution in [0.2, 0.25) is 0 Å². The quantitative estimate of drug-likeness (QED) is 0.607. The van der Waals surface area contributed by atoms with E-state index in [0.717, 1.165) is 18.5 Å². The lowest BCUT2D eigenvalue weighted by Crippen LogP contribution is -1.84. The maximum atomic E-state index is 5.46. The molecule has 0 saturated carbocycles. The summed E-state index contributed by atoms with van der Waals surface area (Å²) in [6, 6.07) is 1.85. The predicted octanol–water partition coefficient (Wildman–Crippen LogP) is 1.85. The summed E-state index contributed by atoms with van der Waals surface area (Å²) in [7, 11) is 0. The van der Waals surface area contributed by atoms with Crippen LogP contribution in [0.15, 0.2) is 16.9 Å². The third kappa shape index (κ3) is 2.06. The number of halogens is 1. The molecule has 50 valence electrons. The molecule has 0 aromatic carbocycles. The Labute approximate surface area is 58.8 Å². The van der Waals surface area contributed by atoms with Gasteiger partial charge in [0.25, 0.3) is 0 Å². The van der Waals surface area contributed by atoms with E-state index in [4.69, 9.17) is 11.6 Å². The van der Waals surface area contributed by atoms with Crippen LogP contribution in [0.3, 0.4) is 0 Å². The first kappa shape index (κ1) is 6.62. The van der Waals surface area contributed by atoms with E-state index in [9.17, 15) is 0 Å². The van der Waals surface area contributed by atoms with Crippen LogP contribution in [-0.4, -0.2) is 11.0 Å². The molecule has 2 nitrogen and oxygen atoms in total. The maximum Gasteiger partial charge on any atom is 0.124 e. The molecule has 0 saturated heterocycles. The van der Waals surface area contributed by atoms with Crippen molar-refractivity contribution in [2.45, 2.75) is 12.8 Å². The highest BCUT2D eigenvalue weighted by atomic mass is 35.5. The fourth-order valence-corrected chi connectivity index (χ4v) is 0.748. The zero-order chi connectivity index (χ0) is 6.53. The van der Waals surface area contributed by atoms with Gasteiger partial charge in [-0.1, -0.05) is 5.16 Å². The van der Waals surface area contributed by atoms with E-state index in [1.165, 1.54) is 0 Å². The molecule has 0 bridgehead atoms. The zero-order valence-electron chi connectivity index (χ0n) is 5.01. The van der Waals surface area contributed by atoms with Gasteiger partial charge in [-0.25, -0.2) is 0 Å². The van der Waals surface area contributed by atoms with Gasteiger partial charge in [0, 0.05) is 11.9 Å². The second-order valence-electron chi connectivity index (χ2n) is 1.78. The van der Waals surface area contributed by atoms with Gasteiger partial charge in [0.1, 0.15) is 6.26 Å². The lowest BCUT2D eigenvalue weighted by atomic mass is 10.3. The summed E-state index contributed by atoms with van der Waals surface area (Å²) in [5.41, 5.74) is 0.982. The Bertz CT molecular complexity index is 150. The van der Waals surface area contributed by atoms with Crippen molar-refractivity contribution in [3.05, 3.63) is 18.0 Å². The van der Waals surface area contributed by atoms with Crippen LogP contribution in [0.4, 0.5) is 0 Å². The van der Waals surface area contributed by atoms with Crippen LogP contribution >= 0.6 is 11.6 Å². The molecule has 0 spiro atoms. The molecule has 0 fully saturated rings. The molecule has 0 N–H and O–H groups in total. The van der Waals surface area contributed by atoms with Gasteiger partial charge in [-0.2, -0.15) is 0 Å². The number of hydrogen-bond donors (Lipinski definition) is 0. The first-order valence-electron chi connectivity index (χ1n) is 2.88. The molecule has 3 heteroatoms. The summed E-state index contributed by atoms with van der Waals surface area (Å²) in [6.45, 7) is 0. The third-order valence-electron chi connectivity index (χ3n) is 1.06. The Morgan fingerprint density at radius 1 is 1.67 bits per heavy atom. The highest BCUT2D eigenvalue weighted by Crippen LogP contribution is 1.99. The summed E-state index contributed by atoms with van der Waals surface area (Å²) in [5, 5.41) is 3.72. The van der Waals surface area contributed by atoms with Crippen molar-refractivity contribution >= 4 is 11.6 Å². The maximum absolute atomic E-state index is 5.46. The van der Waals surface area contributed by atoms with Crippen LogP contribution in [0.25, 0.3) is 0 Å². The lowest BCUT2D eigenvalue weighted by molar-refractivity contribution is 0.411. The molecule has 1 aromatic heterocycles. The first-order valence-corrected chi connectivity index (χ1v) is 3.42. The van der Waals surface area contributed by atoms with Crippen molar-refractivity contribution in [2.24, 2.45) is 0 Å². The van der Waals surface area contributed by atoms with Gasteiger partial charge in [-0.3, -0.25) is 0 Å². The molecule has 0 aliphatic rings. The van der Waals surface area contributed by atoms with Gasteiger partial charge in [0.15, 0.2) is 0 Å². The number of aromatic nitrogens is 1. The third-order valence-corrected chi connectivity index (χ3v) is 1.33. The number of aryl methyl sites for hydroxylation is 1. The minimum absolute atomic E-state index is 0.687. The molecular weight excluding hydrogens is 138 g/mol. The van der Waals surface area contributed by atoms with Crippen molar-refractivity contribution in [1.82, 2.24) is 5.16 Å². The predicted molar refractivity (Wildman–Crippen MR) is 35.5 cm³/mol. The van der Waals surface area contributed by atoms with E-state index < -0.39 is 0 Å². The van der Waals surface area contributed by atoms with Gasteiger partial charge in [-0.05, 0) is 12.8 Å². The summed E-state index contributed by atoms with van der Waals surface area (Å²) in [6.07, 6.45) is 3.46. The van der Waals surface area contributed by atoms with Gasteiger partial charge < -0.3 is 4.52 Å². The monoisotopic (exact) mass is 145 g/mol. The van der Waals surface area contributed by atoms with E-state index >= 15 is 0 Å². The first-order chi connectivity index (χ1) is 4.43. The van der Waals surface area contributed by atoms with E-state index in [0.29, 0.717) is 5.88 Å². The van der Waals surface area contributed by atoms with Crippen molar-refractivity contribution in [1.29, 1.82) is 0 Å². The summed E-state index contributed by atoms with van der Waals surface area (Å²) in [5.74, 6) is 0.687. The normalized spacial score (nSPS) is 9.89. The summed E-state index contributed by atoms with van der Waals surface area (Å²) >= 11 is 5.46. The Morgan fingerprint density at radius 2 is 2.56 bits per heavy atom. The average Bonchev–Trinajstić information content (AvgIpc) is 2.34. The van der Waals surface area contributed by atoms with Gasteiger partial charge in [0.2, 0.25) is 0 Å². The molecule has 0 aliphatic heterocycles. The molecule has 0 amide bonds. The largest absolute Gasteiger partial charge is 0.365 e. The Balaban J connectivity index is 2.30. The molecule has 0 aliphatic carbocycles. The fourth-order valence-electron chi connectivity index (χ4n) is 0.614. The summed E-state index contributed by atoms with van der Waals surface area (Å²) < 4.78 is 4.62. The van der Waals surface area contributed by atoms with E-state index in [1.54, 1.807) is 6.26 Å². The zero-order valence-corrected chi connectivity index (χ0v) is 5.77. The van der Waals surface area contributed by atoms with Crippen molar-refractivity contribution in [3.63, 3.8) is 0 Å². The van der Waals surface area contributed by atoms with E-state index in [-0.39, 0.29) is 0 Å². The molecule has 1 aromatic rings. The van der Waals surface area contributed by atoms with Crippen LogP contribution in [0.5, 0.6) is 0 Å². The van der Waals surface area contributed by atoms with Gasteiger partial charge in [-0.15, -0.1) is 11.6 Å². The van der Waals surface area contributed by atoms with Gasteiger partial charge >= 0.3 is 0 Å². The van der Waals surface area contributed by atoms with E-state index in [2.05, 4.69) is 9.68 Å². The van der Waals surface area contributed by atoms with Crippen molar-refractivity contribution < 1.29 is 4.52 Å². The molecule has 9 heavy (non-hydrogen) atoms. The van der Waals surface area contributed by atoms with Crippen LogP contribution in [-0.2, 0) is 6.42 Å². The second-order valence-corrected chi connectivity index (χ2v) is 2.16. The second kappa shape index (κ2) is 3.51. The summed E-state index contributed by atoms with van der Waals surface area (Å²) in [4.78, 5) is 0. The van der Waals surface area contributed by atoms with Crippen molar-refractivity contribution in [2.75, 3.05) is 5.88 Å². The average molecular weight is 146 g/mol. The number of hydrogen-bond acceptors (Lipinski definition) is 2. The van der Waals surface area contributed by atoms with Crippen LogP contribution in [0, 0.1) is 0 Å². The fraction of sp³-hybridized carbons (Fsp3) is 0.500. The highest BCUT2D eigenvalue weighted by molar-refractivity contribution is 6.17. The minimum atomic E-state index is 0.687. The number of alkyl halides is 1.